The molecule has 0 saturated heterocycles. The molecular weight excluding hydrogens is 196 g/mol. The van der Waals surface area contributed by atoms with Crippen LogP contribution in [0.3, 0.4) is 0 Å². The van der Waals surface area contributed by atoms with Crippen molar-refractivity contribution in [1.82, 2.24) is 0 Å². The van der Waals surface area contributed by atoms with Crippen molar-refractivity contribution in [3.05, 3.63) is 65.3 Å². The lowest BCUT2D eigenvalue weighted by Crippen LogP contribution is -2.06. The van der Waals surface area contributed by atoms with Crippen LogP contribution >= 0.6 is 0 Å². The summed E-state index contributed by atoms with van der Waals surface area (Å²) in [5, 5.41) is 0. The van der Waals surface area contributed by atoms with E-state index in [4.69, 9.17) is 0 Å². The van der Waals surface area contributed by atoms with E-state index in [0.29, 0.717) is 0 Å². The molecule has 1 atom stereocenters. The van der Waals surface area contributed by atoms with Gasteiger partial charge in [0.15, 0.2) is 0 Å². The standard InChI is InChI=1S/C15H14O/c1-12-6-5-9-14(11-16)15(12)10-13-7-3-2-4-8-13/h2-11,14H,1H3. The van der Waals surface area contributed by atoms with Crippen molar-refractivity contribution in [3.63, 3.8) is 0 Å². The van der Waals surface area contributed by atoms with Gasteiger partial charge in [0, 0.05) is 0 Å². The van der Waals surface area contributed by atoms with Crippen LogP contribution in [0.2, 0.25) is 0 Å². The molecule has 0 radical (unpaired) electrons. The van der Waals surface area contributed by atoms with Crippen LogP contribution < -0.4 is 0 Å². The van der Waals surface area contributed by atoms with Gasteiger partial charge >= 0.3 is 0 Å². The molecule has 0 aromatic heterocycles. The van der Waals surface area contributed by atoms with Gasteiger partial charge < -0.3 is 4.79 Å². The van der Waals surface area contributed by atoms with Gasteiger partial charge in [0.2, 0.25) is 0 Å². The molecule has 1 aliphatic carbocycles. The quantitative estimate of drug-likeness (QED) is 0.684. The second-order valence-corrected chi connectivity index (χ2v) is 3.91. The predicted molar refractivity (Wildman–Crippen MR) is 66.9 cm³/mol. The van der Waals surface area contributed by atoms with Crippen LogP contribution in [-0.4, -0.2) is 6.29 Å². The number of hydrogen-bond donors (Lipinski definition) is 0. The Labute approximate surface area is 95.8 Å². The first-order chi connectivity index (χ1) is 7.81. The molecule has 0 spiro atoms. The lowest BCUT2D eigenvalue weighted by Gasteiger charge is -2.15. The van der Waals surface area contributed by atoms with Crippen LogP contribution in [0.25, 0.3) is 6.08 Å². The summed E-state index contributed by atoms with van der Waals surface area (Å²) in [6, 6.07) is 10.1. The fourth-order valence-electron chi connectivity index (χ4n) is 1.84. The van der Waals surface area contributed by atoms with Gasteiger partial charge in [-0.05, 0) is 23.6 Å². The fraction of sp³-hybridized carbons (Fsp3) is 0.133. The molecule has 1 aromatic rings. The minimum absolute atomic E-state index is 0.106. The van der Waals surface area contributed by atoms with Gasteiger partial charge in [-0.15, -0.1) is 0 Å². The minimum atomic E-state index is -0.106. The first-order valence-electron chi connectivity index (χ1n) is 5.38. The zero-order valence-corrected chi connectivity index (χ0v) is 9.26. The third-order valence-electron chi connectivity index (χ3n) is 2.75. The summed E-state index contributed by atoms with van der Waals surface area (Å²) in [4.78, 5) is 11.0. The predicted octanol–water partition coefficient (Wildman–Crippen LogP) is 3.40. The molecule has 1 aliphatic rings. The summed E-state index contributed by atoms with van der Waals surface area (Å²) in [5.41, 5.74) is 3.37. The highest BCUT2D eigenvalue weighted by Crippen LogP contribution is 2.26. The largest absolute Gasteiger partial charge is 0.302 e. The highest BCUT2D eigenvalue weighted by Gasteiger charge is 2.14. The Balaban J connectivity index is 2.38. The summed E-state index contributed by atoms with van der Waals surface area (Å²) in [6.45, 7) is 2.04. The van der Waals surface area contributed by atoms with Crippen molar-refractivity contribution >= 4 is 12.4 Å². The number of allylic oxidation sites excluding steroid dienone is 5. The monoisotopic (exact) mass is 210 g/mol. The van der Waals surface area contributed by atoms with Crippen molar-refractivity contribution in [2.45, 2.75) is 6.92 Å². The summed E-state index contributed by atoms with van der Waals surface area (Å²) in [7, 11) is 0. The maximum Gasteiger partial charge on any atom is 0.131 e. The Morgan fingerprint density at radius 2 is 1.94 bits per heavy atom. The van der Waals surface area contributed by atoms with E-state index >= 15 is 0 Å². The number of carbonyl (C=O) groups is 1. The third-order valence-corrected chi connectivity index (χ3v) is 2.75. The maximum absolute atomic E-state index is 11.0. The van der Waals surface area contributed by atoms with E-state index in [1.165, 1.54) is 0 Å². The number of rotatable bonds is 2. The highest BCUT2D eigenvalue weighted by molar-refractivity contribution is 5.73. The van der Waals surface area contributed by atoms with E-state index in [9.17, 15) is 4.79 Å². The molecule has 1 heteroatoms. The lowest BCUT2D eigenvalue weighted by molar-refractivity contribution is -0.109. The van der Waals surface area contributed by atoms with E-state index in [0.717, 1.165) is 23.0 Å². The molecule has 2 rings (SSSR count). The topological polar surface area (TPSA) is 17.1 Å². The maximum atomic E-state index is 11.0. The van der Waals surface area contributed by atoms with Gasteiger partial charge in [-0.2, -0.15) is 0 Å². The van der Waals surface area contributed by atoms with Crippen LogP contribution in [0.15, 0.2) is 59.7 Å². The molecule has 0 saturated carbocycles. The molecule has 1 unspecified atom stereocenters. The van der Waals surface area contributed by atoms with Crippen molar-refractivity contribution in [2.24, 2.45) is 5.92 Å². The molecule has 0 bridgehead atoms. The molecule has 0 amide bonds. The smallest absolute Gasteiger partial charge is 0.131 e. The summed E-state index contributed by atoms with van der Waals surface area (Å²) >= 11 is 0. The molecule has 0 heterocycles. The molecule has 80 valence electrons. The molecule has 16 heavy (non-hydrogen) atoms. The van der Waals surface area contributed by atoms with Crippen molar-refractivity contribution < 1.29 is 4.79 Å². The summed E-state index contributed by atoms with van der Waals surface area (Å²) in [6.07, 6.45) is 8.97. The number of carbonyl (C=O) groups excluding carboxylic acids is 1. The van der Waals surface area contributed by atoms with Crippen LogP contribution in [0.1, 0.15) is 12.5 Å². The number of hydrogen-bond acceptors (Lipinski definition) is 1. The van der Waals surface area contributed by atoms with Gasteiger partial charge in [0.1, 0.15) is 6.29 Å². The molecule has 1 aromatic carbocycles. The van der Waals surface area contributed by atoms with E-state index in [1.807, 2.05) is 55.5 Å². The SMILES string of the molecule is CC1=CC=CC(C=O)C1=Cc1ccccc1. The molecule has 1 nitrogen and oxygen atoms in total. The average Bonchev–Trinajstić information content (AvgIpc) is 2.33. The van der Waals surface area contributed by atoms with Gasteiger partial charge in [0.05, 0.1) is 5.92 Å². The second-order valence-electron chi connectivity index (χ2n) is 3.91. The average molecular weight is 210 g/mol. The van der Waals surface area contributed by atoms with E-state index in [1.54, 1.807) is 0 Å². The van der Waals surface area contributed by atoms with Crippen LogP contribution in [0.4, 0.5) is 0 Å². The Morgan fingerprint density at radius 1 is 1.19 bits per heavy atom. The molecule has 0 aliphatic heterocycles. The first-order valence-corrected chi connectivity index (χ1v) is 5.38. The Morgan fingerprint density at radius 3 is 2.62 bits per heavy atom. The minimum Gasteiger partial charge on any atom is -0.302 e. The molecule has 0 fully saturated rings. The Bertz CT molecular complexity index is 463. The van der Waals surface area contributed by atoms with Gasteiger partial charge in [-0.3, -0.25) is 0 Å². The number of aldehydes is 1. The van der Waals surface area contributed by atoms with Gasteiger partial charge in [0.25, 0.3) is 0 Å². The van der Waals surface area contributed by atoms with E-state index < -0.39 is 0 Å². The Kier molecular flexibility index (Phi) is 3.16. The normalized spacial score (nSPS) is 21.9. The first kappa shape index (κ1) is 10.6. The highest BCUT2D eigenvalue weighted by atomic mass is 16.1. The molecular formula is C15H14O. The van der Waals surface area contributed by atoms with Crippen molar-refractivity contribution in [3.8, 4) is 0 Å². The molecule has 0 N–H and O–H groups in total. The van der Waals surface area contributed by atoms with Crippen molar-refractivity contribution in [1.29, 1.82) is 0 Å². The van der Waals surface area contributed by atoms with Crippen LogP contribution in [0, 0.1) is 5.92 Å². The van der Waals surface area contributed by atoms with Gasteiger partial charge in [-0.25, -0.2) is 0 Å². The summed E-state index contributed by atoms with van der Waals surface area (Å²) in [5.74, 6) is -0.106. The number of benzene rings is 1. The Hall–Kier alpha value is -1.89. The van der Waals surface area contributed by atoms with E-state index in [-0.39, 0.29) is 5.92 Å². The van der Waals surface area contributed by atoms with Gasteiger partial charge in [-0.1, -0.05) is 54.6 Å². The van der Waals surface area contributed by atoms with E-state index in [2.05, 4.69) is 6.08 Å². The van der Waals surface area contributed by atoms with Crippen LogP contribution in [-0.2, 0) is 4.79 Å². The van der Waals surface area contributed by atoms with Crippen molar-refractivity contribution in [2.75, 3.05) is 0 Å². The lowest BCUT2D eigenvalue weighted by atomic mass is 9.88. The zero-order chi connectivity index (χ0) is 11.4. The summed E-state index contributed by atoms with van der Waals surface area (Å²) < 4.78 is 0. The third kappa shape index (κ3) is 2.19. The van der Waals surface area contributed by atoms with Crippen LogP contribution in [0.5, 0.6) is 0 Å². The zero-order valence-electron chi connectivity index (χ0n) is 9.26. The second kappa shape index (κ2) is 4.75. The fourth-order valence-corrected chi connectivity index (χ4v) is 1.84.